The molecule has 1 aromatic heterocycles. The highest BCUT2D eigenvalue weighted by atomic mass is 16.3. The molecule has 0 bridgehead atoms. The van der Waals surface area contributed by atoms with Crippen LogP contribution < -0.4 is 16.2 Å². The van der Waals surface area contributed by atoms with Crippen molar-refractivity contribution in [1.29, 1.82) is 0 Å². The molecular formula is C20H36N4O2. The molecule has 0 aromatic carbocycles. The number of rotatable bonds is 12. The van der Waals surface area contributed by atoms with Crippen molar-refractivity contribution in [1.82, 2.24) is 15.2 Å². The third-order valence-corrected chi connectivity index (χ3v) is 4.21. The van der Waals surface area contributed by atoms with Crippen LogP contribution >= 0.6 is 0 Å². The zero-order valence-corrected chi connectivity index (χ0v) is 16.6. The van der Waals surface area contributed by atoms with Gasteiger partial charge < -0.3 is 20.3 Å². The van der Waals surface area contributed by atoms with E-state index in [4.69, 9.17) is 0 Å². The fourth-order valence-corrected chi connectivity index (χ4v) is 2.95. The number of unbranched alkanes of at least 4 members (excludes halogenated alkanes) is 1. The second-order valence-corrected chi connectivity index (χ2v) is 7.09. The lowest BCUT2D eigenvalue weighted by molar-refractivity contribution is 0.245. The van der Waals surface area contributed by atoms with Crippen LogP contribution in [-0.2, 0) is 6.54 Å². The lowest BCUT2D eigenvalue weighted by Crippen LogP contribution is -2.38. The molecule has 6 nitrogen and oxygen atoms in total. The average Bonchev–Trinajstić information content (AvgIpc) is 2.60. The minimum Gasteiger partial charge on any atom is -0.396 e. The first-order valence-electron chi connectivity index (χ1n) is 9.85. The number of nitrogens with one attached hydrogen (secondary N) is 2. The Hall–Kier alpha value is -1.82. The van der Waals surface area contributed by atoms with Crippen LogP contribution in [0.3, 0.4) is 0 Å². The molecule has 0 fully saturated rings. The Balaban J connectivity index is 2.39. The summed E-state index contributed by atoms with van der Waals surface area (Å²) < 4.78 is 1.74. The van der Waals surface area contributed by atoms with E-state index in [2.05, 4.69) is 36.4 Å². The van der Waals surface area contributed by atoms with Crippen LogP contribution in [0.5, 0.6) is 0 Å². The SMILES string of the molecule is CCNC(=NCC(CCO)CC(C)C)NCCCCn1ccccc1=O. The standard InChI is InChI=1S/C20H36N4O2/c1-4-21-20(23-16-18(10-14-25)15-17(2)3)22-11-6-8-13-24-12-7-5-9-19(24)26/h5,7,9,12,17-18,25H,4,6,8,10-11,13-16H2,1-3H3,(H2,21,22,23). The summed E-state index contributed by atoms with van der Waals surface area (Å²) in [6, 6.07) is 5.24. The van der Waals surface area contributed by atoms with E-state index in [9.17, 15) is 9.90 Å². The van der Waals surface area contributed by atoms with Gasteiger partial charge in [0.2, 0.25) is 5.56 Å². The van der Waals surface area contributed by atoms with Gasteiger partial charge in [0.25, 0.3) is 0 Å². The largest absolute Gasteiger partial charge is 0.396 e. The molecule has 26 heavy (non-hydrogen) atoms. The van der Waals surface area contributed by atoms with E-state index in [1.807, 2.05) is 12.3 Å². The van der Waals surface area contributed by atoms with E-state index in [1.165, 1.54) is 0 Å². The van der Waals surface area contributed by atoms with Crippen LogP contribution in [-0.4, -0.2) is 41.9 Å². The van der Waals surface area contributed by atoms with Gasteiger partial charge >= 0.3 is 0 Å². The van der Waals surface area contributed by atoms with Crippen molar-refractivity contribution in [2.24, 2.45) is 16.8 Å². The molecule has 0 saturated carbocycles. The van der Waals surface area contributed by atoms with Crippen molar-refractivity contribution < 1.29 is 5.11 Å². The molecule has 1 unspecified atom stereocenters. The molecule has 6 heteroatoms. The number of nitrogens with zero attached hydrogens (tertiary/aromatic N) is 2. The van der Waals surface area contributed by atoms with Gasteiger partial charge in [0, 0.05) is 45.0 Å². The third kappa shape index (κ3) is 9.61. The summed E-state index contributed by atoms with van der Waals surface area (Å²) in [6.07, 6.45) is 5.62. The topological polar surface area (TPSA) is 78.7 Å². The maximum atomic E-state index is 11.7. The highest BCUT2D eigenvalue weighted by molar-refractivity contribution is 5.79. The fourth-order valence-electron chi connectivity index (χ4n) is 2.95. The Kier molecular flexibility index (Phi) is 11.4. The number of hydrogen-bond donors (Lipinski definition) is 3. The van der Waals surface area contributed by atoms with Crippen LogP contribution in [0.2, 0.25) is 0 Å². The average molecular weight is 365 g/mol. The van der Waals surface area contributed by atoms with Gasteiger partial charge in [-0.1, -0.05) is 19.9 Å². The van der Waals surface area contributed by atoms with Gasteiger partial charge in [-0.25, -0.2) is 0 Å². The molecule has 148 valence electrons. The summed E-state index contributed by atoms with van der Waals surface area (Å²) in [5, 5.41) is 15.9. The van der Waals surface area contributed by atoms with Crippen LogP contribution in [0.15, 0.2) is 34.2 Å². The molecule has 0 spiro atoms. The van der Waals surface area contributed by atoms with Gasteiger partial charge in [0.05, 0.1) is 0 Å². The zero-order valence-electron chi connectivity index (χ0n) is 16.6. The third-order valence-electron chi connectivity index (χ3n) is 4.21. The lowest BCUT2D eigenvalue weighted by atomic mass is 9.94. The van der Waals surface area contributed by atoms with Crippen molar-refractivity contribution in [3.05, 3.63) is 34.7 Å². The van der Waals surface area contributed by atoms with Crippen molar-refractivity contribution in [3.63, 3.8) is 0 Å². The summed E-state index contributed by atoms with van der Waals surface area (Å²) in [6.45, 7) is 9.79. The normalized spacial score (nSPS) is 13.0. The van der Waals surface area contributed by atoms with Crippen LogP contribution in [0.4, 0.5) is 0 Å². The minimum atomic E-state index is 0.0513. The van der Waals surface area contributed by atoms with Crippen LogP contribution in [0.1, 0.15) is 46.5 Å². The number of pyridine rings is 1. The molecule has 0 radical (unpaired) electrons. The molecule has 0 amide bonds. The number of aliphatic hydroxyl groups excluding tert-OH is 1. The molecule has 1 aromatic rings. The summed E-state index contributed by atoms with van der Waals surface area (Å²) in [5.74, 6) is 1.86. The number of aromatic nitrogens is 1. The number of guanidine groups is 1. The van der Waals surface area contributed by atoms with Gasteiger partial charge in [-0.2, -0.15) is 0 Å². The quantitative estimate of drug-likeness (QED) is 0.302. The predicted molar refractivity (Wildman–Crippen MR) is 109 cm³/mol. The Morgan fingerprint density at radius 3 is 2.73 bits per heavy atom. The molecule has 1 heterocycles. The van der Waals surface area contributed by atoms with Gasteiger partial charge in [0.15, 0.2) is 5.96 Å². The summed E-state index contributed by atoms with van der Waals surface area (Å²) in [4.78, 5) is 16.3. The van der Waals surface area contributed by atoms with Crippen LogP contribution in [0, 0.1) is 11.8 Å². The van der Waals surface area contributed by atoms with E-state index in [0.29, 0.717) is 11.8 Å². The molecule has 1 rings (SSSR count). The van der Waals surface area contributed by atoms with Gasteiger partial charge in [0.1, 0.15) is 0 Å². The molecule has 3 N–H and O–H groups in total. The summed E-state index contributed by atoms with van der Waals surface area (Å²) >= 11 is 0. The Labute approximate surface area is 157 Å². The highest BCUT2D eigenvalue weighted by Crippen LogP contribution is 2.15. The molecular weight excluding hydrogens is 328 g/mol. The highest BCUT2D eigenvalue weighted by Gasteiger charge is 2.10. The second kappa shape index (κ2) is 13.4. The van der Waals surface area contributed by atoms with Crippen molar-refractivity contribution in [2.75, 3.05) is 26.2 Å². The van der Waals surface area contributed by atoms with E-state index in [1.54, 1.807) is 16.7 Å². The van der Waals surface area contributed by atoms with E-state index >= 15 is 0 Å². The number of aryl methyl sites for hydroxylation is 1. The summed E-state index contributed by atoms with van der Waals surface area (Å²) in [7, 11) is 0. The molecule has 0 aliphatic heterocycles. The van der Waals surface area contributed by atoms with Crippen molar-refractivity contribution in [3.8, 4) is 0 Å². The Morgan fingerprint density at radius 1 is 1.27 bits per heavy atom. The van der Waals surface area contributed by atoms with E-state index < -0.39 is 0 Å². The first-order chi connectivity index (χ1) is 12.6. The Bertz CT molecular complexity index is 569. The monoisotopic (exact) mass is 364 g/mol. The first-order valence-corrected chi connectivity index (χ1v) is 9.85. The molecule has 1 atom stereocenters. The van der Waals surface area contributed by atoms with Crippen LogP contribution in [0.25, 0.3) is 0 Å². The molecule has 0 saturated heterocycles. The second-order valence-electron chi connectivity index (χ2n) is 7.09. The van der Waals surface area contributed by atoms with Crippen molar-refractivity contribution >= 4 is 5.96 Å². The fraction of sp³-hybridized carbons (Fsp3) is 0.700. The van der Waals surface area contributed by atoms with Crippen molar-refractivity contribution in [2.45, 2.75) is 53.0 Å². The maximum Gasteiger partial charge on any atom is 0.250 e. The predicted octanol–water partition coefficient (Wildman–Crippen LogP) is 2.23. The van der Waals surface area contributed by atoms with Gasteiger partial charge in [-0.3, -0.25) is 9.79 Å². The number of aliphatic hydroxyl groups is 1. The Morgan fingerprint density at radius 2 is 2.08 bits per heavy atom. The van der Waals surface area contributed by atoms with Gasteiger partial charge in [-0.05, 0) is 50.5 Å². The smallest absolute Gasteiger partial charge is 0.250 e. The zero-order chi connectivity index (χ0) is 19.2. The molecule has 0 aliphatic carbocycles. The lowest BCUT2D eigenvalue weighted by Gasteiger charge is -2.17. The van der Waals surface area contributed by atoms with E-state index in [0.717, 1.165) is 57.8 Å². The van der Waals surface area contributed by atoms with Gasteiger partial charge in [-0.15, -0.1) is 0 Å². The number of aliphatic imine (C=N–C) groups is 1. The van der Waals surface area contributed by atoms with E-state index in [-0.39, 0.29) is 12.2 Å². The molecule has 0 aliphatic rings. The first kappa shape index (κ1) is 22.2. The minimum absolute atomic E-state index is 0.0513. The maximum absolute atomic E-state index is 11.7. The number of hydrogen-bond acceptors (Lipinski definition) is 3. The summed E-state index contributed by atoms with van der Waals surface area (Å²) in [5.41, 5.74) is 0.0513.